The van der Waals surface area contributed by atoms with E-state index in [4.69, 9.17) is 5.73 Å². The van der Waals surface area contributed by atoms with E-state index in [2.05, 4.69) is 18.7 Å². The van der Waals surface area contributed by atoms with Crippen LogP contribution >= 0.6 is 0 Å². The van der Waals surface area contributed by atoms with E-state index in [-0.39, 0.29) is 17.6 Å². The van der Waals surface area contributed by atoms with Gasteiger partial charge in [-0.3, -0.25) is 9.69 Å². The predicted octanol–water partition coefficient (Wildman–Crippen LogP) is 2.52. The van der Waals surface area contributed by atoms with Crippen molar-refractivity contribution in [3.05, 3.63) is 35.6 Å². The van der Waals surface area contributed by atoms with Gasteiger partial charge in [-0.25, -0.2) is 4.39 Å². The van der Waals surface area contributed by atoms with Crippen molar-refractivity contribution in [2.45, 2.75) is 38.6 Å². The molecule has 0 spiro atoms. The van der Waals surface area contributed by atoms with Gasteiger partial charge in [-0.2, -0.15) is 0 Å². The lowest BCUT2D eigenvalue weighted by molar-refractivity contribution is -0.124. The average molecular weight is 278 g/mol. The molecular formula is C16H23FN2O. The number of primary amides is 1. The van der Waals surface area contributed by atoms with Crippen LogP contribution in [-0.4, -0.2) is 29.9 Å². The van der Waals surface area contributed by atoms with Gasteiger partial charge in [0, 0.05) is 19.1 Å². The van der Waals surface area contributed by atoms with Crippen LogP contribution in [0.2, 0.25) is 0 Å². The van der Waals surface area contributed by atoms with Crippen molar-refractivity contribution in [2.75, 3.05) is 13.1 Å². The number of carbonyl (C=O) groups is 1. The molecular weight excluding hydrogens is 255 g/mol. The van der Waals surface area contributed by atoms with E-state index in [1.807, 2.05) is 12.1 Å². The summed E-state index contributed by atoms with van der Waals surface area (Å²) < 4.78 is 12.9. The first kappa shape index (κ1) is 15.0. The molecule has 0 bridgehead atoms. The minimum absolute atomic E-state index is 0.0355. The van der Waals surface area contributed by atoms with E-state index in [1.54, 1.807) is 0 Å². The minimum Gasteiger partial charge on any atom is -0.369 e. The predicted molar refractivity (Wildman–Crippen MR) is 77.8 cm³/mol. The summed E-state index contributed by atoms with van der Waals surface area (Å²) in [6, 6.07) is 7.13. The largest absolute Gasteiger partial charge is 0.369 e. The number of hydrogen-bond donors (Lipinski definition) is 1. The van der Waals surface area contributed by atoms with Crippen molar-refractivity contribution in [1.29, 1.82) is 0 Å². The van der Waals surface area contributed by atoms with E-state index >= 15 is 0 Å². The van der Waals surface area contributed by atoms with E-state index < -0.39 is 0 Å². The zero-order valence-corrected chi connectivity index (χ0v) is 12.2. The molecule has 20 heavy (non-hydrogen) atoms. The summed E-state index contributed by atoms with van der Waals surface area (Å²) in [5.41, 5.74) is 6.55. The van der Waals surface area contributed by atoms with E-state index in [0.29, 0.717) is 12.0 Å². The number of nitrogens with zero attached hydrogens (tertiary/aromatic N) is 1. The summed E-state index contributed by atoms with van der Waals surface area (Å²) in [7, 11) is 0. The normalized spacial score (nSPS) is 25.4. The Morgan fingerprint density at radius 2 is 2.05 bits per heavy atom. The third-order valence-electron chi connectivity index (χ3n) is 4.36. The highest BCUT2D eigenvalue weighted by Gasteiger charge is 2.29. The second-order valence-corrected chi connectivity index (χ2v) is 5.93. The third kappa shape index (κ3) is 3.57. The molecule has 1 aliphatic rings. The number of likely N-dealkylation sites (tertiary alicyclic amines) is 1. The maximum atomic E-state index is 12.9. The highest BCUT2D eigenvalue weighted by Crippen LogP contribution is 2.25. The molecule has 110 valence electrons. The van der Waals surface area contributed by atoms with Crippen LogP contribution in [0.15, 0.2) is 24.3 Å². The zero-order valence-electron chi connectivity index (χ0n) is 12.2. The number of amides is 1. The molecule has 1 heterocycles. The molecule has 4 heteroatoms. The lowest BCUT2D eigenvalue weighted by Crippen LogP contribution is -2.46. The molecule has 3 atom stereocenters. The Balaban J connectivity index is 2.00. The van der Waals surface area contributed by atoms with E-state index in [1.165, 1.54) is 12.1 Å². The van der Waals surface area contributed by atoms with Crippen molar-refractivity contribution in [2.24, 2.45) is 11.7 Å². The van der Waals surface area contributed by atoms with Crippen LogP contribution in [0.4, 0.5) is 4.39 Å². The van der Waals surface area contributed by atoms with Gasteiger partial charge in [0.2, 0.25) is 5.91 Å². The first-order chi connectivity index (χ1) is 9.47. The quantitative estimate of drug-likeness (QED) is 0.920. The Labute approximate surface area is 120 Å². The van der Waals surface area contributed by atoms with Gasteiger partial charge in [0.25, 0.3) is 0 Å². The number of carbonyl (C=O) groups excluding carboxylic acids is 1. The first-order valence-electron chi connectivity index (χ1n) is 7.26. The summed E-state index contributed by atoms with van der Waals surface area (Å²) in [5, 5.41) is 0. The minimum atomic E-state index is -0.207. The Morgan fingerprint density at radius 3 is 2.65 bits per heavy atom. The Bertz CT molecular complexity index is 460. The first-order valence-corrected chi connectivity index (χ1v) is 7.26. The van der Waals surface area contributed by atoms with Crippen molar-refractivity contribution >= 4 is 5.91 Å². The molecule has 0 aliphatic carbocycles. The van der Waals surface area contributed by atoms with Crippen LogP contribution < -0.4 is 5.73 Å². The number of piperidine rings is 1. The monoisotopic (exact) mass is 278 g/mol. The van der Waals surface area contributed by atoms with Gasteiger partial charge in [-0.05, 0) is 43.4 Å². The third-order valence-corrected chi connectivity index (χ3v) is 4.36. The molecule has 3 nitrogen and oxygen atoms in total. The molecule has 2 rings (SSSR count). The molecule has 0 aromatic heterocycles. The molecule has 1 aliphatic heterocycles. The Morgan fingerprint density at radius 1 is 1.40 bits per heavy atom. The lowest BCUT2D eigenvalue weighted by atomic mass is 9.91. The van der Waals surface area contributed by atoms with Gasteiger partial charge in [-0.1, -0.05) is 19.1 Å². The molecule has 0 radical (unpaired) electrons. The van der Waals surface area contributed by atoms with Gasteiger partial charge < -0.3 is 5.73 Å². The highest BCUT2D eigenvalue weighted by molar-refractivity contribution is 5.76. The van der Waals surface area contributed by atoms with Crippen molar-refractivity contribution in [3.8, 4) is 0 Å². The highest BCUT2D eigenvalue weighted by atomic mass is 19.1. The Kier molecular flexibility index (Phi) is 4.76. The van der Waals surface area contributed by atoms with Crippen LogP contribution in [0.1, 0.15) is 38.2 Å². The molecule has 1 fully saturated rings. The fourth-order valence-corrected chi connectivity index (χ4v) is 2.91. The summed E-state index contributed by atoms with van der Waals surface area (Å²) in [4.78, 5) is 13.7. The molecule has 1 saturated heterocycles. The van der Waals surface area contributed by atoms with Crippen LogP contribution in [0.3, 0.4) is 0 Å². The lowest BCUT2D eigenvalue weighted by Gasteiger charge is -2.38. The van der Waals surface area contributed by atoms with Crippen molar-refractivity contribution < 1.29 is 9.18 Å². The second-order valence-electron chi connectivity index (χ2n) is 5.93. The van der Waals surface area contributed by atoms with Crippen molar-refractivity contribution in [3.63, 3.8) is 0 Å². The summed E-state index contributed by atoms with van der Waals surface area (Å²) in [6.07, 6.45) is 1.89. The zero-order chi connectivity index (χ0) is 14.7. The molecule has 2 N–H and O–H groups in total. The van der Waals surface area contributed by atoms with Crippen LogP contribution in [0, 0.1) is 11.7 Å². The number of rotatable bonds is 4. The number of hydrogen-bond acceptors (Lipinski definition) is 2. The van der Waals surface area contributed by atoms with Crippen LogP contribution in [0.25, 0.3) is 0 Å². The average Bonchev–Trinajstić information content (AvgIpc) is 2.41. The van der Waals surface area contributed by atoms with Gasteiger partial charge >= 0.3 is 0 Å². The van der Waals surface area contributed by atoms with Gasteiger partial charge in [0.15, 0.2) is 0 Å². The van der Waals surface area contributed by atoms with E-state index in [0.717, 1.165) is 31.5 Å². The molecule has 0 unspecified atom stereocenters. The van der Waals surface area contributed by atoms with Crippen molar-refractivity contribution in [1.82, 2.24) is 4.90 Å². The molecule has 0 saturated carbocycles. The second kappa shape index (κ2) is 6.35. The molecule has 1 aromatic rings. The number of halogens is 1. The Hall–Kier alpha value is -1.42. The fraction of sp³-hybridized carbons (Fsp3) is 0.562. The van der Waals surface area contributed by atoms with Gasteiger partial charge in [-0.15, -0.1) is 0 Å². The molecule has 1 amide bonds. The maximum absolute atomic E-state index is 12.9. The summed E-state index contributed by atoms with van der Waals surface area (Å²) in [5.74, 6) is -0.131. The topological polar surface area (TPSA) is 46.3 Å². The summed E-state index contributed by atoms with van der Waals surface area (Å²) in [6.45, 7) is 5.93. The number of benzene rings is 1. The standard InChI is InChI=1S/C16H23FN2O/c1-11(13-5-7-15(17)8-6-13)9-19-10-14(16(18)20)4-3-12(19)2/h5-8,11-12,14H,3-4,9-10H2,1-2H3,(H2,18,20)/t11-,12+,14+/m1/s1. The summed E-state index contributed by atoms with van der Waals surface area (Å²) >= 11 is 0. The fourth-order valence-electron chi connectivity index (χ4n) is 2.91. The smallest absolute Gasteiger partial charge is 0.221 e. The SMILES string of the molecule is C[C@H](CN1C[C@@H](C(N)=O)CC[C@@H]1C)c1ccc(F)cc1. The number of nitrogens with two attached hydrogens (primary N) is 1. The van der Waals surface area contributed by atoms with Crippen LogP contribution in [0.5, 0.6) is 0 Å². The maximum Gasteiger partial charge on any atom is 0.221 e. The van der Waals surface area contributed by atoms with Crippen LogP contribution in [-0.2, 0) is 4.79 Å². The molecule has 1 aromatic carbocycles. The van der Waals surface area contributed by atoms with Gasteiger partial charge in [0.1, 0.15) is 5.82 Å². The van der Waals surface area contributed by atoms with Gasteiger partial charge in [0.05, 0.1) is 5.92 Å². The van der Waals surface area contributed by atoms with E-state index in [9.17, 15) is 9.18 Å².